The van der Waals surface area contributed by atoms with Gasteiger partial charge in [0.05, 0.1) is 0 Å². The van der Waals surface area contributed by atoms with Crippen LogP contribution in [0.5, 0.6) is 11.5 Å². The minimum Gasteiger partial charge on any atom is -0.454 e. The largest absolute Gasteiger partial charge is 0.454 e. The summed E-state index contributed by atoms with van der Waals surface area (Å²) in [5.74, 6) is 1.22. The zero-order chi connectivity index (χ0) is 19.6. The Labute approximate surface area is 169 Å². The number of fused-ring (bicyclic) bond motifs is 2. The summed E-state index contributed by atoms with van der Waals surface area (Å²) < 4.78 is 10.7. The first kappa shape index (κ1) is 17.8. The van der Waals surface area contributed by atoms with Crippen LogP contribution in [0.3, 0.4) is 0 Å². The third-order valence-corrected chi connectivity index (χ3v) is 5.46. The van der Waals surface area contributed by atoms with E-state index in [9.17, 15) is 4.79 Å². The minimum atomic E-state index is -0.137. The summed E-state index contributed by atoms with van der Waals surface area (Å²) in [6, 6.07) is 21.9. The first-order valence-corrected chi connectivity index (χ1v) is 9.84. The van der Waals surface area contributed by atoms with Crippen molar-refractivity contribution in [1.29, 1.82) is 0 Å². The molecular weight excluding hydrogens is 364 g/mol. The van der Waals surface area contributed by atoms with Crippen LogP contribution in [0.1, 0.15) is 27.0 Å². The monoisotopic (exact) mass is 386 g/mol. The first-order valence-electron chi connectivity index (χ1n) is 9.84. The number of rotatable bonds is 4. The number of amides is 1. The molecule has 0 saturated carbocycles. The van der Waals surface area contributed by atoms with Gasteiger partial charge in [0.15, 0.2) is 11.5 Å². The van der Waals surface area contributed by atoms with Crippen molar-refractivity contribution in [2.75, 3.05) is 18.7 Å². The molecule has 0 unspecified atom stereocenters. The molecule has 29 heavy (non-hydrogen) atoms. The Morgan fingerprint density at radius 3 is 2.59 bits per heavy atom. The maximum absolute atomic E-state index is 12.6. The van der Waals surface area contributed by atoms with Crippen LogP contribution >= 0.6 is 0 Å². The molecule has 0 saturated heterocycles. The Kier molecular flexibility index (Phi) is 4.66. The molecule has 146 valence electrons. The number of carbonyl (C=O) groups is 1. The summed E-state index contributed by atoms with van der Waals surface area (Å²) in [6.45, 7) is 3.14. The molecule has 2 aliphatic rings. The van der Waals surface area contributed by atoms with Crippen molar-refractivity contribution in [2.45, 2.75) is 19.5 Å². The van der Waals surface area contributed by atoms with Gasteiger partial charge in [0.25, 0.3) is 5.91 Å². The highest BCUT2D eigenvalue weighted by molar-refractivity contribution is 6.04. The highest BCUT2D eigenvalue weighted by Gasteiger charge is 2.17. The van der Waals surface area contributed by atoms with Crippen molar-refractivity contribution < 1.29 is 14.3 Å². The number of anilines is 1. The Morgan fingerprint density at radius 2 is 1.72 bits per heavy atom. The molecule has 5 rings (SSSR count). The number of nitrogens with one attached hydrogen (secondary N) is 1. The summed E-state index contributed by atoms with van der Waals surface area (Å²) in [6.07, 6.45) is 1.09. The number of ether oxygens (including phenoxy) is 2. The van der Waals surface area contributed by atoms with E-state index in [0.29, 0.717) is 22.7 Å². The second-order valence-electron chi connectivity index (χ2n) is 7.45. The van der Waals surface area contributed by atoms with Crippen molar-refractivity contribution in [1.82, 2.24) is 4.90 Å². The smallest absolute Gasteiger partial charge is 0.255 e. The number of benzene rings is 3. The van der Waals surface area contributed by atoms with Gasteiger partial charge in [0.1, 0.15) is 0 Å². The molecule has 0 aliphatic carbocycles. The van der Waals surface area contributed by atoms with Gasteiger partial charge in [-0.25, -0.2) is 0 Å². The molecule has 3 aromatic carbocycles. The third-order valence-electron chi connectivity index (χ3n) is 5.46. The van der Waals surface area contributed by atoms with Crippen LogP contribution < -0.4 is 14.8 Å². The average molecular weight is 386 g/mol. The highest BCUT2D eigenvalue weighted by Crippen LogP contribution is 2.34. The van der Waals surface area contributed by atoms with Crippen LogP contribution in [0.2, 0.25) is 0 Å². The van der Waals surface area contributed by atoms with Crippen LogP contribution in [0.25, 0.3) is 0 Å². The SMILES string of the molecule is O=C(Nc1ccc2c(c1)OCO2)c1ccc(CN2CCc3ccccc3C2)cc1. The lowest BCUT2D eigenvalue weighted by Gasteiger charge is -2.28. The summed E-state index contributed by atoms with van der Waals surface area (Å²) in [4.78, 5) is 15.0. The van der Waals surface area contributed by atoms with Crippen molar-refractivity contribution in [2.24, 2.45) is 0 Å². The quantitative estimate of drug-likeness (QED) is 0.729. The fraction of sp³-hybridized carbons (Fsp3) is 0.208. The first-order chi connectivity index (χ1) is 14.2. The lowest BCUT2D eigenvalue weighted by Crippen LogP contribution is -2.29. The number of hydrogen-bond acceptors (Lipinski definition) is 4. The maximum Gasteiger partial charge on any atom is 0.255 e. The predicted molar refractivity (Wildman–Crippen MR) is 111 cm³/mol. The van der Waals surface area contributed by atoms with E-state index in [1.165, 1.54) is 16.7 Å². The van der Waals surface area contributed by atoms with E-state index < -0.39 is 0 Å². The fourth-order valence-electron chi connectivity index (χ4n) is 3.89. The molecule has 2 heterocycles. The van der Waals surface area contributed by atoms with E-state index in [-0.39, 0.29) is 12.7 Å². The average Bonchev–Trinajstić information content (AvgIpc) is 3.22. The normalized spacial score (nSPS) is 15.0. The molecule has 0 bridgehead atoms. The van der Waals surface area contributed by atoms with Crippen LogP contribution in [0.4, 0.5) is 5.69 Å². The van der Waals surface area contributed by atoms with E-state index in [4.69, 9.17) is 9.47 Å². The summed E-state index contributed by atoms with van der Waals surface area (Å²) in [5.41, 5.74) is 5.41. The molecule has 0 radical (unpaired) electrons. The molecule has 1 amide bonds. The second kappa shape index (κ2) is 7.60. The summed E-state index contributed by atoms with van der Waals surface area (Å²) in [7, 11) is 0. The van der Waals surface area contributed by atoms with Gasteiger partial charge >= 0.3 is 0 Å². The van der Waals surface area contributed by atoms with Crippen LogP contribution in [-0.2, 0) is 19.5 Å². The number of nitrogens with zero attached hydrogens (tertiary/aromatic N) is 1. The Balaban J connectivity index is 1.22. The van der Waals surface area contributed by atoms with Gasteiger partial charge in [0, 0.05) is 37.0 Å². The van der Waals surface area contributed by atoms with Crippen molar-refractivity contribution in [3.63, 3.8) is 0 Å². The molecule has 3 aromatic rings. The number of carbonyl (C=O) groups excluding carboxylic acids is 1. The van der Waals surface area contributed by atoms with E-state index in [1.807, 2.05) is 30.3 Å². The number of hydrogen-bond donors (Lipinski definition) is 1. The van der Waals surface area contributed by atoms with Gasteiger partial charge in [-0.1, -0.05) is 36.4 Å². The van der Waals surface area contributed by atoms with E-state index >= 15 is 0 Å². The van der Waals surface area contributed by atoms with Crippen LogP contribution in [0, 0.1) is 0 Å². The Morgan fingerprint density at radius 1 is 0.931 bits per heavy atom. The van der Waals surface area contributed by atoms with Crippen molar-refractivity contribution in [3.8, 4) is 11.5 Å². The van der Waals surface area contributed by atoms with E-state index in [0.717, 1.165) is 26.1 Å². The van der Waals surface area contributed by atoms with Crippen LogP contribution in [-0.4, -0.2) is 24.1 Å². The molecule has 1 N–H and O–H groups in total. The van der Waals surface area contributed by atoms with Gasteiger partial charge in [-0.05, 0) is 47.4 Å². The summed E-state index contributed by atoms with van der Waals surface area (Å²) >= 11 is 0. The molecule has 0 fully saturated rings. The molecular formula is C24H22N2O3. The molecule has 0 spiro atoms. The Hall–Kier alpha value is -3.31. The fourth-order valence-corrected chi connectivity index (χ4v) is 3.89. The zero-order valence-electron chi connectivity index (χ0n) is 16.1. The molecule has 5 nitrogen and oxygen atoms in total. The van der Waals surface area contributed by atoms with Gasteiger partial charge in [-0.2, -0.15) is 0 Å². The minimum absolute atomic E-state index is 0.137. The van der Waals surface area contributed by atoms with Crippen molar-refractivity contribution in [3.05, 3.63) is 89.0 Å². The topological polar surface area (TPSA) is 50.8 Å². The zero-order valence-corrected chi connectivity index (χ0v) is 16.1. The van der Waals surface area contributed by atoms with E-state index in [1.54, 1.807) is 12.1 Å². The van der Waals surface area contributed by atoms with Gasteiger partial charge in [-0.15, -0.1) is 0 Å². The lowest BCUT2D eigenvalue weighted by molar-refractivity contribution is 0.102. The van der Waals surface area contributed by atoms with E-state index in [2.05, 4.69) is 34.5 Å². The van der Waals surface area contributed by atoms with Crippen LogP contribution in [0.15, 0.2) is 66.7 Å². The molecule has 2 aliphatic heterocycles. The molecule has 0 aromatic heterocycles. The lowest BCUT2D eigenvalue weighted by atomic mass is 9.99. The van der Waals surface area contributed by atoms with Gasteiger partial charge in [0.2, 0.25) is 6.79 Å². The molecule has 5 heteroatoms. The maximum atomic E-state index is 12.6. The van der Waals surface area contributed by atoms with Crippen molar-refractivity contribution >= 4 is 11.6 Å². The molecule has 0 atom stereocenters. The standard InChI is InChI=1S/C24H22N2O3/c27-24(25-21-9-10-22-23(13-21)29-16-28-22)19-7-5-17(6-8-19)14-26-12-11-18-3-1-2-4-20(18)15-26/h1-10,13H,11-12,14-16H2,(H,25,27). The summed E-state index contributed by atoms with van der Waals surface area (Å²) in [5, 5.41) is 2.91. The third kappa shape index (κ3) is 3.82. The predicted octanol–water partition coefficient (Wildman–Crippen LogP) is 4.23. The van der Waals surface area contributed by atoms with Gasteiger partial charge < -0.3 is 14.8 Å². The highest BCUT2D eigenvalue weighted by atomic mass is 16.7. The second-order valence-corrected chi connectivity index (χ2v) is 7.45. The van der Waals surface area contributed by atoms with Gasteiger partial charge in [-0.3, -0.25) is 9.69 Å². The Bertz CT molecular complexity index is 1050.